The molecule has 0 aliphatic heterocycles. The lowest BCUT2D eigenvalue weighted by atomic mass is 10.3. The number of halogens is 3. The smallest absolute Gasteiger partial charge is 0.228 e. The molecule has 0 spiro atoms. The second-order valence-electron chi connectivity index (χ2n) is 3.22. The molecule has 0 saturated heterocycles. The SMILES string of the molecule is O=CN[C@H](NC(=S)Nc1ccccc1)C(Cl)(Cl)Cl. The highest BCUT2D eigenvalue weighted by molar-refractivity contribution is 7.80. The number of hydrogen-bond acceptors (Lipinski definition) is 2. The maximum atomic E-state index is 10.4. The molecule has 0 radical (unpaired) electrons. The van der Waals surface area contributed by atoms with E-state index in [0.717, 1.165) is 5.69 Å². The molecule has 0 unspecified atom stereocenters. The number of amides is 1. The van der Waals surface area contributed by atoms with Crippen molar-refractivity contribution in [2.24, 2.45) is 0 Å². The molecule has 1 atom stereocenters. The monoisotopic (exact) mass is 325 g/mol. The van der Waals surface area contributed by atoms with Crippen molar-refractivity contribution in [1.82, 2.24) is 10.6 Å². The van der Waals surface area contributed by atoms with Gasteiger partial charge in [-0.25, -0.2) is 0 Å². The van der Waals surface area contributed by atoms with Gasteiger partial charge < -0.3 is 16.0 Å². The van der Waals surface area contributed by atoms with E-state index in [4.69, 9.17) is 47.0 Å². The number of carbonyl (C=O) groups excluding carboxylic acids is 1. The summed E-state index contributed by atoms with van der Waals surface area (Å²) in [6.45, 7) is 0. The van der Waals surface area contributed by atoms with E-state index in [1.807, 2.05) is 30.3 Å². The fourth-order valence-electron chi connectivity index (χ4n) is 1.11. The highest BCUT2D eigenvalue weighted by atomic mass is 35.6. The van der Waals surface area contributed by atoms with E-state index >= 15 is 0 Å². The van der Waals surface area contributed by atoms with Gasteiger partial charge >= 0.3 is 0 Å². The Bertz CT molecular complexity index is 411. The Hall–Kier alpha value is -0.750. The third kappa shape index (κ3) is 5.27. The van der Waals surface area contributed by atoms with E-state index in [9.17, 15) is 4.79 Å². The van der Waals surface area contributed by atoms with Crippen molar-refractivity contribution in [3.8, 4) is 0 Å². The average molecular weight is 327 g/mol. The Balaban J connectivity index is 2.59. The molecule has 0 aliphatic rings. The zero-order valence-electron chi connectivity index (χ0n) is 8.99. The Labute approximate surface area is 125 Å². The van der Waals surface area contributed by atoms with Crippen LogP contribution in [0.25, 0.3) is 0 Å². The maximum Gasteiger partial charge on any atom is 0.228 e. The molecular formula is C10H10Cl3N3OS. The van der Waals surface area contributed by atoms with Gasteiger partial charge in [-0.1, -0.05) is 53.0 Å². The lowest BCUT2D eigenvalue weighted by Gasteiger charge is -2.26. The van der Waals surface area contributed by atoms with Crippen molar-refractivity contribution in [3.63, 3.8) is 0 Å². The van der Waals surface area contributed by atoms with Crippen molar-refractivity contribution >= 4 is 64.2 Å². The van der Waals surface area contributed by atoms with Crippen LogP contribution in [0.3, 0.4) is 0 Å². The van der Waals surface area contributed by atoms with E-state index in [2.05, 4.69) is 16.0 Å². The zero-order valence-corrected chi connectivity index (χ0v) is 12.1. The topological polar surface area (TPSA) is 53.2 Å². The number of alkyl halides is 3. The van der Waals surface area contributed by atoms with Gasteiger partial charge in [0.05, 0.1) is 0 Å². The second kappa shape index (κ2) is 6.99. The third-order valence-electron chi connectivity index (χ3n) is 1.87. The molecule has 3 N–H and O–H groups in total. The van der Waals surface area contributed by atoms with Crippen LogP contribution in [0, 0.1) is 0 Å². The molecule has 1 aromatic carbocycles. The minimum atomic E-state index is -1.72. The van der Waals surface area contributed by atoms with E-state index < -0.39 is 9.96 Å². The molecule has 1 amide bonds. The fourth-order valence-corrected chi connectivity index (χ4v) is 1.69. The van der Waals surface area contributed by atoms with Crippen molar-refractivity contribution in [1.29, 1.82) is 0 Å². The fraction of sp³-hybridized carbons (Fsp3) is 0.200. The molecule has 0 heterocycles. The van der Waals surface area contributed by atoms with Crippen molar-refractivity contribution in [2.75, 3.05) is 5.32 Å². The van der Waals surface area contributed by atoms with Gasteiger partial charge in [0, 0.05) is 5.69 Å². The van der Waals surface area contributed by atoms with E-state index in [0.29, 0.717) is 6.41 Å². The number of thiocarbonyl (C=S) groups is 1. The summed E-state index contributed by atoms with van der Waals surface area (Å²) in [4.78, 5) is 10.4. The molecule has 4 nitrogen and oxygen atoms in total. The molecule has 1 aromatic rings. The highest BCUT2D eigenvalue weighted by Gasteiger charge is 2.32. The first-order chi connectivity index (χ1) is 8.43. The van der Waals surface area contributed by atoms with Crippen LogP contribution in [0.1, 0.15) is 0 Å². The van der Waals surface area contributed by atoms with Gasteiger partial charge in [-0.3, -0.25) is 4.79 Å². The zero-order chi connectivity index (χ0) is 13.6. The second-order valence-corrected chi connectivity index (χ2v) is 6.00. The molecule has 1 rings (SSSR count). The van der Waals surface area contributed by atoms with Crippen molar-refractivity contribution in [3.05, 3.63) is 30.3 Å². The van der Waals surface area contributed by atoms with E-state index in [-0.39, 0.29) is 5.11 Å². The molecule has 98 valence electrons. The summed E-state index contributed by atoms with van der Waals surface area (Å²) in [5.74, 6) is 0. The normalized spacial score (nSPS) is 12.4. The molecule has 0 aromatic heterocycles. The van der Waals surface area contributed by atoms with Crippen LogP contribution < -0.4 is 16.0 Å². The largest absolute Gasteiger partial charge is 0.339 e. The van der Waals surface area contributed by atoms with Crippen LogP contribution >= 0.6 is 47.0 Å². The third-order valence-corrected chi connectivity index (χ3v) is 2.74. The summed E-state index contributed by atoms with van der Waals surface area (Å²) in [5.41, 5.74) is 0.782. The Kier molecular flexibility index (Phi) is 5.95. The van der Waals surface area contributed by atoms with Crippen LogP contribution in [0.2, 0.25) is 0 Å². The minimum absolute atomic E-state index is 0.229. The van der Waals surface area contributed by atoms with Crippen LogP contribution in [-0.2, 0) is 4.79 Å². The summed E-state index contributed by atoms with van der Waals surface area (Å²) in [6.07, 6.45) is -0.506. The molecule has 0 bridgehead atoms. The Morgan fingerprint density at radius 2 is 1.89 bits per heavy atom. The molecule has 0 saturated carbocycles. The number of benzene rings is 1. The first-order valence-electron chi connectivity index (χ1n) is 4.82. The van der Waals surface area contributed by atoms with Gasteiger partial charge in [0.1, 0.15) is 6.17 Å². The first-order valence-corrected chi connectivity index (χ1v) is 6.36. The standard InChI is InChI=1S/C10H10Cl3N3OS/c11-10(12,13)8(14-6-17)16-9(18)15-7-4-2-1-3-5-7/h1-6,8H,(H,14,17)(H2,15,16,18)/t8-/m1/s1. The van der Waals surface area contributed by atoms with Gasteiger partial charge in [0.15, 0.2) is 5.11 Å². The minimum Gasteiger partial charge on any atom is -0.339 e. The van der Waals surface area contributed by atoms with Gasteiger partial charge in [0.2, 0.25) is 10.2 Å². The molecule has 8 heteroatoms. The molecular weight excluding hydrogens is 317 g/mol. The van der Waals surface area contributed by atoms with Gasteiger partial charge in [-0.05, 0) is 24.4 Å². The summed E-state index contributed by atoms with van der Waals surface area (Å²) in [5, 5.41) is 8.13. The Morgan fingerprint density at radius 3 is 2.39 bits per heavy atom. The number of nitrogens with one attached hydrogen (secondary N) is 3. The number of hydrogen-bond donors (Lipinski definition) is 3. The molecule has 0 aliphatic carbocycles. The quantitative estimate of drug-likeness (QED) is 0.344. The summed E-state index contributed by atoms with van der Waals surface area (Å²) in [7, 11) is 0. The molecule has 0 fully saturated rings. The van der Waals surface area contributed by atoms with Gasteiger partial charge in [-0.15, -0.1) is 0 Å². The van der Waals surface area contributed by atoms with Crippen LogP contribution in [-0.4, -0.2) is 21.5 Å². The summed E-state index contributed by atoms with van der Waals surface area (Å²) < 4.78 is -1.72. The van der Waals surface area contributed by atoms with Crippen LogP contribution in [0.15, 0.2) is 30.3 Å². The maximum absolute atomic E-state index is 10.4. The number of rotatable bonds is 4. The number of para-hydroxylation sites is 1. The Morgan fingerprint density at radius 1 is 1.28 bits per heavy atom. The predicted molar refractivity (Wildman–Crippen MR) is 79.1 cm³/mol. The lowest BCUT2D eigenvalue weighted by molar-refractivity contribution is -0.110. The number of carbonyl (C=O) groups is 1. The van der Waals surface area contributed by atoms with Crippen LogP contribution in [0.5, 0.6) is 0 Å². The lowest BCUT2D eigenvalue weighted by Crippen LogP contribution is -2.53. The number of anilines is 1. The van der Waals surface area contributed by atoms with Crippen molar-refractivity contribution in [2.45, 2.75) is 9.96 Å². The van der Waals surface area contributed by atoms with Crippen molar-refractivity contribution < 1.29 is 4.79 Å². The average Bonchev–Trinajstić information content (AvgIpc) is 2.28. The van der Waals surface area contributed by atoms with E-state index in [1.165, 1.54) is 0 Å². The molecule has 18 heavy (non-hydrogen) atoms. The highest BCUT2D eigenvalue weighted by Crippen LogP contribution is 2.28. The van der Waals surface area contributed by atoms with Gasteiger partial charge in [0.25, 0.3) is 0 Å². The first kappa shape index (κ1) is 15.3. The predicted octanol–water partition coefficient (Wildman–Crippen LogP) is 2.42. The van der Waals surface area contributed by atoms with Crippen LogP contribution in [0.4, 0.5) is 5.69 Å². The van der Waals surface area contributed by atoms with Gasteiger partial charge in [-0.2, -0.15) is 0 Å². The summed E-state index contributed by atoms with van der Waals surface area (Å²) >= 11 is 22.1. The summed E-state index contributed by atoms with van der Waals surface area (Å²) in [6, 6.07) is 9.22. The van der Waals surface area contributed by atoms with E-state index in [1.54, 1.807) is 0 Å².